The van der Waals surface area contributed by atoms with Crippen molar-refractivity contribution in [2.75, 3.05) is 11.5 Å². The smallest absolute Gasteiger partial charge is 0.0739 e. The van der Waals surface area contributed by atoms with E-state index in [0.29, 0.717) is 6.04 Å². The molecule has 1 unspecified atom stereocenters. The Morgan fingerprint density at radius 1 is 1.47 bits per heavy atom. The predicted molar refractivity (Wildman–Crippen MR) is 79.6 cm³/mol. The van der Waals surface area contributed by atoms with Crippen LogP contribution >= 0.6 is 27.7 Å². The predicted octanol–water partition coefficient (Wildman–Crippen LogP) is 3.21. The number of thioether (sulfide) groups is 1. The van der Waals surface area contributed by atoms with E-state index in [0.717, 1.165) is 29.0 Å². The van der Waals surface area contributed by atoms with Gasteiger partial charge in [0.25, 0.3) is 0 Å². The van der Waals surface area contributed by atoms with E-state index in [4.69, 9.17) is 0 Å². The van der Waals surface area contributed by atoms with Crippen molar-refractivity contribution in [2.45, 2.75) is 46.8 Å². The molecule has 0 saturated carbocycles. The molecule has 17 heavy (non-hydrogen) atoms. The van der Waals surface area contributed by atoms with Crippen molar-refractivity contribution in [3.63, 3.8) is 0 Å². The summed E-state index contributed by atoms with van der Waals surface area (Å²) < 4.78 is 3.20. The van der Waals surface area contributed by atoms with E-state index in [1.165, 1.54) is 11.4 Å². The average molecular weight is 320 g/mol. The number of aryl methyl sites for hydroxylation is 2. The lowest BCUT2D eigenvalue weighted by molar-refractivity contribution is 0.542. The fourth-order valence-corrected chi connectivity index (χ4v) is 2.79. The summed E-state index contributed by atoms with van der Waals surface area (Å²) in [6.07, 6.45) is 0. The van der Waals surface area contributed by atoms with Crippen LogP contribution in [-0.2, 0) is 13.1 Å². The maximum absolute atomic E-state index is 4.49. The second-order valence-corrected chi connectivity index (χ2v) is 6.22. The van der Waals surface area contributed by atoms with Crippen LogP contribution in [0.25, 0.3) is 0 Å². The zero-order chi connectivity index (χ0) is 12.8. The molecule has 0 aromatic carbocycles. The molecule has 0 spiro atoms. The zero-order valence-corrected chi connectivity index (χ0v) is 13.5. The van der Waals surface area contributed by atoms with Gasteiger partial charge < -0.3 is 5.32 Å². The highest BCUT2D eigenvalue weighted by molar-refractivity contribution is 9.10. The Labute approximate surface area is 117 Å². The highest BCUT2D eigenvalue weighted by Gasteiger charge is 2.12. The molecular weight excluding hydrogens is 298 g/mol. The molecule has 1 aromatic rings. The highest BCUT2D eigenvalue weighted by atomic mass is 79.9. The first kappa shape index (κ1) is 15.1. The Morgan fingerprint density at radius 2 is 2.18 bits per heavy atom. The van der Waals surface area contributed by atoms with Crippen LogP contribution in [0.15, 0.2) is 4.47 Å². The van der Waals surface area contributed by atoms with Crippen LogP contribution in [0.1, 0.15) is 32.2 Å². The number of nitrogens with zero attached hydrogens (tertiary/aromatic N) is 2. The number of hydrogen-bond acceptors (Lipinski definition) is 3. The van der Waals surface area contributed by atoms with Gasteiger partial charge in [-0.05, 0) is 42.5 Å². The second kappa shape index (κ2) is 7.44. The summed E-state index contributed by atoms with van der Waals surface area (Å²) in [7, 11) is 0. The quantitative estimate of drug-likeness (QED) is 0.837. The van der Waals surface area contributed by atoms with Crippen molar-refractivity contribution in [1.29, 1.82) is 0 Å². The number of halogens is 1. The van der Waals surface area contributed by atoms with Crippen LogP contribution in [0.4, 0.5) is 0 Å². The largest absolute Gasteiger partial charge is 0.308 e. The normalized spacial score (nSPS) is 13.0. The highest BCUT2D eigenvalue weighted by Crippen LogP contribution is 2.21. The molecule has 5 heteroatoms. The van der Waals surface area contributed by atoms with Gasteiger partial charge >= 0.3 is 0 Å². The number of rotatable bonds is 7. The minimum Gasteiger partial charge on any atom is -0.308 e. The van der Waals surface area contributed by atoms with E-state index in [-0.39, 0.29) is 0 Å². The van der Waals surface area contributed by atoms with Crippen molar-refractivity contribution < 1.29 is 0 Å². The van der Waals surface area contributed by atoms with Gasteiger partial charge in [0, 0.05) is 24.9 Å². The van der Waals surface area contributed by atoms with Gasteiger partial charge in [0.2, 0.25) is 0 Å². The fraction of sp³-hybridized carbons (Fsp3) is 0.750. The SMILES string of the molecule is CCSCC(C)NCc1c(Br)c(C)nn1CC. The summed E-state index contributed by atoms with van der Waals surface area (Å²) in [4.78, 5) is 0. The summed E-state index contributed by atoms with van der Waals surface area (Å²) in [6.45, 7) is 10.4. The number of nitrogens with one attached hydrogen (secondary N) is 1. The topological polar surface area (TPSA) is 29.9 Å². The standard InChI is InChI=1S/C12H22BrN3S/c1-5-16-11(12(13)10(4)15-16)7-14-9(3)8-17-6-2/h9,14H,5-8H2,1-4H3. The molecule has 1 atom stereocenters. The lowest BCUT2D eigenvalue weighted by Gasteiger charge is -2.14. The summed E-state index contributed by atoms with van der Waals surface area (Å²) in [6, 6.07) is 0.535. The zero-order valence-electron chi connectivity index (χ0n) is 11.1. The third-order valence-corrected chi connectivity index (χ3v) is 4.82. The molecule has 0 aliphatic rings. The van der Waals surface area contributed by atoms with Crippen LogP contribution in [0.2, 0.25) is 0 Å². The molecule has 3 nitrogen and oxygen atoms in total. The Kier molecular flexibility index (Phi) is 6.59. The molecule has 0 saturated heterocycles. The lowest BCUT2D eigenvalue weighted by atomic mass is 10.3. The van der Waals surface area contributed by atoms with Gasteiger partial charge in [-0.15, -0.1) is 0 Å². The fourth-order valence-electron chi connectivity index (χ4n) is 1.66. The van der Waals surface area contributed by atoms with Crippen LogP contribution in [0.5, 0.6) is 0 Å². The molecule has 0 radical (unpaired) electrons. The van der Waals surface area contributed by atoms with Gasteiger partial charge in [-0.25, -0.2) is 0 Å². The van der Waals surface area contributed by atoms with Crippen LogP contribution in [0.3, 0.4) is 0 Å². The van der Waals surface area contributed by atoms with Gasteiger partial charge in [-0.3, -0.25) is 4.68 Å². The average Bonchev–Trinajstić information content (AvgIpc) is 2.60. The third-order valence-electron chi connectivity index (χ3n) is 2.64. The first-order chi connectivity index (χ1) is 8.10. The van der Waals surface area contributed by atoms with Gasteiger partial charge in [0.05, 0.1) is 15.9 Å². The summed E-state index contributed by atoms with van der Waals surface area (Å²) >= 11 is 5.59. The van der Waals surface area contributed by atoms with Crippen molar-refractivity contribution in [3.8, 4) is 0 Å². The molecule has 1 heterocycles. The summed E-state index contributed by atoms with van der Waals surface area (Å²) in [5.41, 5.74) is 2.32. The Bertz CT molecular complexity index is 352. The van der Waals surface area contributed by atoms with Gasteiger partial charge in [-0.2, -0.15) is 16.9 Å². The molecule has 0 aliphatic carbocycles. The van der Waals surface area contributed by atoms with E-state index in [1.54, 1.807) is 0 Å². The van der Waals surface area contributed by atoms with Crippen LogP contribution in [-0.4, -0.2) is 27.3 Å². The van der Waals surface area contributed by atoms with Gasteiger partial charge in [0.15, 0.2) is 0 Å². The van der Waals surface area contributed by atoms with Crippen LogP contribution in [0, 0.1) is 6.92 Å². The maximum Gasteiger partial charge on any atom is 0.0739 e. The molecule has 1 aromatic heterocycles. The minimum atomic E-state index is 0.535. The molecule has 98 valence electrons. The van der Waals surface area contributed by atoms with E-state index in [9.17, 15) is 0 Å². The first-order valence-electron chi connectivity index (χ1n) is 6.13. The second-order valence-electron chi connectivity index (χ2n) is 4.10. The maximum atomic E-state index is 4.49. The van der Waals surface area contributed by atoms with E-state index < -0.39 is 0 Å². The summed E-state index contributed by atoms with van der Waals surface area (Å²) in [5, 5.41) is 8.04. The number of hydrogen-bond donors (Lipinski definition) is 1. The van der Waals surface area contributed by atoms with E-state index in [1.807, 2.05) is 18.7 Å². The van der Waals surface area contributed by atoms with Crippen molar-refractivity contribution in [3.05, 3.63) is 15.9 Å². The molecule has 0 bridgehead atoms. The number of aromatic nitrogens is 2. The molecule has 0 aliphatic heterocycles. The molecule has 1 rings (SSSR count). The Hall–Kier alpha value is 0. The van der Waals surface area contributed by atoms with Gasteiger partial charge in [-0.1, -0.05) is 6.92 Å². The monoisotopic (exact) mass is 319 g/mol. The Balaban J connectivity index is 2.56. The summed E-state index contributed by atoms with van der Waals surface area (Å²) in [5.74, 6) is 2.34. The molecular formula is C12H22BrN3S. The third kappa shape index (κ3) is 4.30. The molecule has 0 fully saturated rings. The van der Waals surface area contributed by atoms with E-state index >= 15 is 0 Å². The van der Waals surface area contributed by atoms with Crippen molar-refractivity contribution >= 4 is 27.7 Å². The minimum absolute atomic E-state index is 0.535. The van der Waals surface area contributed by atoms with Gasteiger partial charge in [0.1, 0.15) is 0 Å². The van der Waals surface area contributed by atoms with Crippen molar-refractivity contribution in [1.82, 2.24) is 15.1 Å². The molecule has 1 N–H and O–H groups in total. The lowest BCUT2D eigenvalue weighted by Crippen LogP contribution is -2.29. The van der Waals surface area contributed by atoms with Crippen molar-refractivity contribution in [2.24, 2.45) is 0 Å². The molecule has 0 amide bonds. The first-order valence-corrected chi connectivity index (χ1v) is 8.07. The van der Waals surface area contributed by atoms with Crippen LogP contribution < -0.4 is 5.32 Å². The van der Waals surface area contributed by atoms with E-state index in [2.05, 4.69) is 51.8 Å². The Morgan fingerprint density at radius 3 is 2.76 bits per heavy atom.